The van der Waals surface area contributed by atoms with Crippen molar-refractivity contribution in [2.24, 2.45) is 23.7 Å². The van der Waals surface area contributed by atoms with Crippen LogP contribution in [-0.2, 0) is 9.47 Å². The van der Waals surface area contributed by atoms with E-state index in [4.69, 9.17) is 9.47 Å². The Bertz CT molecular complexity index is 607. The van der Waals surface area contributed by atoms with Crippen molar-refractivity contribution in [2.45, 2.75) is 139 Å². The van der Waals surface area contributed by atoms with Gasteiger partial charge in [0.15, 0.2) is 0 Å². The summed E-state index contributed by atoms with van der Waals surface area (Å²) in [4.78, 5) is 0. The second kappa shape index (κ2) is 10.6. The summed E-state index contributed by atoms with van der Waals surface area (Å²) in [5.74, 6) is 3.40. The summed E-state index contributed by atoms with van der Waals surface area (Å²) < 4.78 is 11.2. The molecule has 6 rings (SSSR count). The van der Waals surface area contributed by atoms with E-state index in [-0.39, 0.29) is 0 Å². The Morgan fingerprint density at radius 3 is 1.15 bits per heavy atom. The lowest BCUT2D eigenvalue weighted by atomic mass is 9.69. The number of nitrogens with one attached hydrogen (secondary N) is 4. The van der Waals surface area contributed by atoms with E-state index in [0.29, 0.717) is 48.7 Å². The van der Waals surface area contributed by atoms with Gasteiger partial charge in [0.2, 0.25) is 0 Å². The highest BCUT2D eigenvalue weighted by molar-refractivity contribution is 5.04. The van der Waals surface area contributed by atoms with Crippen molar-refractivity contribution in [1.29, 1.82) is 0 Å². The van der Waals surface area contributed by atoms with Gasteiger partial charge in [0.25, 0.3) is 0 Å². The number of ether oxygens (including phenoxy) is 2. The van der Waals surface area contributed by atoms with E-state index in [0.717, 1.165) is 23.7 Å². The molecule has 194 valence electrons. The number of fused-ring (bicyclic) bond motifs is 2. The van der Waals surface area contributed by atoms with E-state index in [1.807, 2.05) is 14.2 Å². The van der Waals surface area contributed by atoms with E-state index in [9.17, 15) is 0 Å². The molecule has 34 heavy (non-hydrogen) atoms. The molecule has 0 amide bonds. The zero-order chi connectivity index (χ0) is 23.1. The third-order valence-electron chi connectivity index (χ3n) is 11.1. The highest BCUT2D eigenvalue weighted by atomic mass is 16.5. The van der Waals surface area contributed by atoms with Crippen LogP contribution in [0.25, 0.3) is 0 Å². The Morgan fingerprint density at radius 1 is 0.412 bits per heavy atom. The molecule has 0 bridgehead atoms. The second-order valence-corrected chi connectivity index (χ2v) is 12.7. The SMILES string of the molecule is COC1CCC(C2NC3CCC(C4CCC5NC(C6CCC(OC)CC6)NC5C4)CC3N2)CC1. The standard InChI is InChI=1S/C28H50N4O2/c1-33-21-9-3-17(4-10-21)27-29-23-13-7-19(15-25(23)31-27)20-8-14-24-26(16-20)32-28(30-24)18-5-11-22(34-2)12-6-18/h17-32H,3-16H2,1-2H3. The minimum Gasteiger partial charge on any atom is -0.381 e. The summed E-state index contributed by atoms with van der Waals surface area (Å²) in [6.45, 7) is 0. The molecule has 0 aromatic heterocycles. The summed E-state index contributed by atoms with van der Waals surface area (Å²) in [6, 6.07) is 2.80. The molecule has 2 aliphatic heterocycles. The van der Waals surface area contributed by atoms with Crippen LogP contribution in [0.1, 0.15) is 89.9 Å². The van der Waals surface area contributed by atoms with Crippen LogP contribution in [0.2, 0.25) is 0 Å². The lowest BCUT2D eigenvalue weighted by molar-refractivity contribution is 0.0495. The molecule has 8 unspecified atom stereocenters. The van der Waals surface area contributed by atoms with E-state index >= 15 is 0 Å². The lowest BCUT2D eigenvalue weighted by Crippen LogP contribution is -2.45. The van der Waals surface area contributed by atoms with E-state index in [2.05, 4.69) is 21.3 Å². The van der Waals surface area contributed by atoms with Gasteiger partial charge in [-0.05, 0) is 114 Å². The van der Waals surface area contributed by atoms with Crippen LogP contribution in [0.5, 0.6) is 0 Å². The van der Waals surface area contributed by atoms with Crippen molar-refractivity contribution in [2.75, 3.05) is 14.2 Å². The number of rotatable bonds is 5. The van der Waals surface area contributed by atoms with Crippen LogP contribution in [0.3, 0.4) is 0 Å². The summed E-state index contributed by atoms with van der Waals surface area (Å²) in [6.07, 6.45) is 20.6. The van der Waals surface area contributed by atoms with Gasteiger partial charge in [-0.15, -0.1) is 0 Å². The lowest BCUT2D eigenvalue weighted by Gasteiger charge is -2.40. The predicted octanol–water partition coefficient (Wildman–Crippen LogP) is 3.51. The fourth-order valence-electron chi connectivity index (χ4n) is 8.91. The van der Waals surface area contributed by atoms with Crippen LogP contribution in [0.4, 0.5) is 0 Å². The quantitative estimate of drug-likeness (QED) is 0.489. The van der Waals surface area contributed by atoms with Crippen LogP contribution in [0, 0.1) is 23.7 Å². The van der Waals surface area contributed by atoms with Gasteiger partial charge in [-0.3, -0.25) is 21.3 Å². The zero-order valence-electron chi connectivity index (χ0n) is 21.6. The Kier molecular flexibility index (Phi) is 7.54. The van der Waals surface area contributed by atoms with E-state index in [1.165, 1.54) is 89.9 Å². The second-order valence-electron chi connectivity index (χ2n) is 12.7. The van der Waals surface area contributed by atoms with Gasteiger partial charge in [-0.25, -0.2) is 0 Å². The van der Waals surface area contributed by atoms with Gasteiger partial charge >= 0.3 is 0 Å². The third-order valence-corrected chi connectivity index (χ3v) is 11.1. The van der Waals surface area contributed by atoms with E-state index < -0.39 is 0 Å². The molecule has 0 spiro atoms. The minimum absolute atomic E-state index is 0.498. The molecular weight excluding hydrogens is 424 g/mol. The number of hydrogen-bond donors (Lipinski definition) is 4. The van der Waals surface area contributed by atoms with Crippen molar-refractivity contribution in [1.82, 2.24) is 21.3 Å². The van der Waals surface area contributed by atoms with Crippen molar-refractivity contribution < 1.29 is 9.47 Å². The Hall–Kier alpha value is -0.240. The van der Waals surface area contributed by atoms with Gasteiger partial charge in [-0.1, -0.05) is 0 Å². The summed E-state index contributed by atoms with van der Waals surface area (Å²) in [7, 11) is 3.76. The van der Waals surface area contributed by atoms with Crippen LogP contribution < -0.4 is 21.3 Å². The Balaban J connectivity index is 0.984. The van der Waals surface area contributed by atoms with Crippen LogP contribution in [0.15, 0.2) is 0 Å². The largest absolute Gasteiger partial charge is 0.381 e. The van der Waals surface area contributed by atoms with Gasteiger partial charge < -0.3 is 9.47 Å². The third kappa shape index (κ3) is 4.97. The maximum atomic E-state index is 5.60. The highest BCUT2D eigenvalue weighted by Crippen LogP contribution is 2.42. The summed E-state index contributed by atoms with van der Waals surface area (Å²) >= 11 is 0. The molecule has 0 radical (unpaired) electrons. The van der Waals surface area contributed by atoms with Gasteiger partial charge in [0, 0.05) is 38.4 Å². The molecule has 6 aliphatic rings. The van der Waals surface area contributed by atoms with Gasteiger partial charge in [-0.2, -0.15) is 0 Å². The molecule has 4 N–H and O–H groups in total. The van der Waals surface area contributed by atoms with Crippen molar-refractivity contribution in [3.05, 3.63) is 0 Å². The van der Waals surface area contributed by atoms with Gasteiger partial charge in [0.1, 0.15) is 0 Å². The number of hydrogen-bond acceptors (Lipinski definition) is 6. The molecule has 4 saturated carbocycles. The average molecular weight is 475 g/mol. The molecule has 6 fully saturated rings. The van der Waals surface area contributed by atoms with E-state index in [1.54, 1.807) is 0 Å². The highest BCUT2D eigenvalue weighted by Gasteiger charge is 2.46. The molecule has 2 heterocycles. The van der Waals surface area contributed by atoms with Crippen molar-refractivity contribution in [3.63, 3.8) is 0 Å². The Morgan fingerprint density at radius 2 is 0.765 bits per heavy atom. The number of methoxy groups -OCH3 is 2. The summed E-state index contributed by atoms with van der Waals surface area (Å²) in [5.41, 5.74) is 0. The molecule has 0 aromatic carbocycles. The molecule has 4 aliphatic carbocycles. The minimum atomic E-state index is 0.498. The van der Waals surface area contributed by atoms with Crippen molar-refractivity contribution in [3.8, 4) is 0 Å². The van der Waals surface area contributed by atoms with Crippen molar-refractivity contribution >= 4 is 0 Å². The maximum Gasteiger partial charge on any atom is 0.0606 e. The first-order valence-corrected chi connectivity index (χ1v) is 14.8. The topological polar surface area (TPSA) is 66.6 Å². The molecule has 2 saturated heterocycles. The molecular formula is C28H50N4O2. The average Bonchev–Trinajstić information content (AvgIpc) is 3.52. The summed E-state index contributed by atoms with van der Waals surface area (Å²) in [5, 5.41) is 16.2. The predicted molar refractivity (Wildman–Crippen MR) is 135 cm³/mol. The zero-order valence-corrected chi connectivity index (χ0v) is 21.6. The van der Waals surface area contributed by atoms with Gasteiger partial charge in [0.05, 0.1) is 24.5 Å². The normalized spacial score (nSPS) is 51.7. The first-order valence-electron chi connectivity index (χ1n) is 14.8. The fourth-order valence-corrected chi connectivity index (χ4v) is 8.91. The first kappa shape index (κ1) is 24.1. The molecule has 6 heteroatoms. The smallest absolute Gasteiger partial charge is 0.0606 e. The molecule has 8 atom stereocenters. The fraction of sp³-hybridized carbons (Fsp3) is 1.00. The first-order chi connectivity index (χ1) is 16.7. The molecule has 6 nitrogen and oxygen atoms in total. The Labute approximate surface area is 207 Å². The maximum absolute atomic E-state index is 5.60. The van der Waals surface area contributed by atoms with Crippen LogP contribution in [-0.4, -0.2) is 62.9 Å². The van der Waals surface area contributed by atoms with Crippen LogP contribution >= 0.6 is 0 Å². The monoisotopic (exact) mass is 474 g/mol. The molecule has 0 aromatic rings.